The second-order valence-corrected chi connectivity index (χ2v) is 4.31. The van der Waals surface area contributed by atoms with Gasteiger partial charge in [-0.25, -0.2) is 4.98 Å². The molecule has 0 aliphatic carbocycles. The van der Waals surface area contributed by atoms with E-state index < -0.39 is 5.97 Å². The predicted octanol–water partition coefficient (Wildman–Crippen LogP) is -0.941. The van der Waals surface area contributed by atoms with Gasteiger partial charge >= 0.3 is 0 Å². The van der Waals surface area contributed by atoms with E-state index in [9.17, 15) is 9.90 Å². The first-order valence-corrected chi connectivity index (χ1v) is 6.20. The van der Waals surface area contributed by atoms with Gasteiger partial charge in [-0.15, -0.1) is 0 Å². The van der Waals surface area contributed by atoms with Crippen molar-refractivity contribution >= 4 is 11.8 Å². The third-order valence-corrected chi connectivity index (χ3v) is 3.12. The number of carboxylic acid groups (broad SMARTS) is 1. The molecule has 98 valence electrons. The van der Waals surface area contributed by atoms with Crippen LogP contribution in [0.3, 0.4) is 0 Å². The van der Waals surface area contributed by atoms with Crippen LogP contribution < -0.4 is 10.4 Å². The Labute approximate surface area is 106 Å². The van der Waals surface area contributed by atoms with Crippen LogP contribution in [0.4, 0.5) is 5.82 Å². The Morgan fingerprint density at radius 1 is 1.44 bits per heavy atom. The van der Waals surface area contributed by atoms with Crippen molar-refractivity contribution in [1.29, 1.82) is 0 Å². The molecule has 0 atom stereocenters. The van der Waals surface area contributed by atoms with Gasteiger partial charge in [0, 0.05) is 25.9 Å². The lowest BCUT2D eigenvalue weighted by atomic mass is 10.2. The highest BCUT2D eigenvalue weighted by Crippen LogP contribution is 2.13. The molecule has 0 saturated carbocycles. The Morgan fingerprint density at radius 2 is 2.17 bits per heavy atom. The van der Waals surface area contributed by atoms with Crippen molar-refractivity contribution in [1.82, 2.24) is 14.9 Å². The fraction of sp³-hybridized carbons (Fsp3) is 0.583. The summed E-state index contributed by atoms with van der Waals surface area (Å²) in [5, 5.41) is 13.1. The molecular weight excluding hydrogens is 232 g/mol. The summed E-state index contributed by atoms with van der Waals surface area (Å²) < 4.78 is 0. The molecule has 6 heteroatoms. The van der Waals surface area contributed by atoms with E-state index in [0.717, 1.165) is 43.9 Å². The van der Waals surface area contributed by atoms with Crippen LogP contribution in [0, 0.1) is 0 Å². The highest BCUT2D eigenvalue weighted by atomic mass is 16.4. The summed E-state index contributed by atoms with van der Waals surface area (Å²) in [6.07, 6.45) is 3.34. The van der Waals surface area contributed by atoms with E-state index in [4.69, 9.17) is 0 Å². The molecular formula is C12H17N4O2-. The molecule has 0 aromatic carbocycles. The van der Waals surface area contributed by atoms with E-state index in [1.165, 1.54) is 0 Å². The summed E-state index contributed by atoms with van der Waals surface area (Å²) >= 11 is 0. The molecule has 0 radical (unpaired) electrons. The van der Waals surface area contributed by atoms with E-state index in [1.807, 2.05) is 0 Å². The molecule has 1 aromatic heterocycles. The third kappa shape index (κ3) is 3.16. The maximum Gasteiger partial charge on any atom is 0.145 e. The largest absolute Gasteiger partial charge is 0.548 e. The number of carbonyl (C=O) groups excluding carboxylic acids is 1. The van der Waals surface area contributed by atoms with Gasteiger partial charge in [0.1, 0.15) is 5.82 Å². The van der Waals surface area contributed by atoms with Crippen molar-refractivity contribution in [2.75, 3.05) is 31.5 Å². The SMILES string of the molecule is CCN1CCc2ncc(NCC(=O)[O-])nc2CC1. The zero-order valence-corrected chi connectivity index (χ0v) is 10.5. The molecule has 0 unspecified atom stereocenters. The lowest BCUT2D eigenvalue weighted by molar-refractivity contribution is -0.302. The number of nitrogens with zero attached hydrogens (tertiary/aromatic N) is 3. The molecule has 0 bridgehead atoms. The minimum absolute atomic E-state index is 0.242. The molecule has 1 N–H and O–H groups in total. The summed E-state index contributed by atoms with van der Waals surface area (Å²) in [5.74, 6) is -0.646. The topological polar surface area (TPSA) is 81.2 Å². The zero-order chi connectivity index (χ0) is 13.0. The van der Waals surface area contributed by atoms with E-state index in [0.29, 0.717) is 5.82 Å². The lowest BCUT2D eigenvalue weighted by Gasteiger charge is -2.15. The Morgan fingerprint density at radius 3 is 2.83 bits per heavy atom. The van der Waals surface area contributed by atoms with Crippen molar-refractivity contribution < 1.29 is 9.90 Å². The minimum Gasteiger partial charge on any atom is -0.548 e. The van der Waals surface area contributed by atoms with Gasteiger partial charge < -0.3 is 20.1 Å². The molecule has 1 aliphatic heterocycles. The van der Waals surface area contributed by atoms with E-state index >= 15 is 0 Å². The van der Waals surface area contributed by atoms with Crippen LogP contribution >= 0.6 is 0 Å². The summed E-state index contributed by atoms with van der Waals surface area (Å²) in [7, 11) is 0. The van der Waals surface area contributed by atoms with Gasteiger partial charge in [-0.1, -0.05) is 6.92 Å². The first-order valence-electron chi connectivity index (χ1n) is 6.20. The number of nitrogens with one attached hydrogen (secondary N) is 1. The average Bonchev–Trinajstić information content (AvgIpc) is 2.57. The number of aliphatic carboxylic acids is 1. The highest BCUT2D eigenvalue weighted by molar-refractivity contribution is 5.69. The molecule has 2 heterocycles. The van der Waals surface area contributed by atoms with Gasteiger partial charge in [-0.05, 0) is 6.54 Å². The first kappa shape index (κ1) is 12.8. The highest BCUT2D eigenvalue weighted by Gasteiger charge is 2.15. The van der Waals surface area contributed by atoms with E-state index in [2.05, 4.69) is 27.1 Å². The number of rotatable bonds is 4. The summed E-state index contributed by atoms with van der Waals surface area (Å²) in [6, 6.07) is 0. The van der Waals surface area contributed by atoms with Gasteiger partial charge in [0.05, 0.1) is 30.1 Å². The van der Waals surface area contributed by atoms with Crippen molar-refractivity contribution in [3.05, 3.63) is 17.6 Å². The second-order valence-electron chi connectivity index (χ2n) is 4.31. The van der Waals surface area contributed by atoms with Gasteiger partial charge in [-0.3, -0.25) is 4.98 Å². The molecule has 2 rings (SSSR count). The summed E-state index contributed by atoms with van der Waals surface area (Å²) in [6.45, 7) is 4.91. The second kappa shape index (κ2) is 5.77. The average molecular weight is 249 g/mol. The molecule has 18 heavy (non-hydrogen) atoms. The number of aromatic nitrogens is 2. The zero-order valence-electron chi connectivity index (χ0n) is 10.5. The fourth-order valence-corrected chi connectivity index (χ4v) is 2.07. The van der Waals surface area contributed by atoms with Gasteiger partial charge in [0.2, 0.25) is 0 Å². The molecule has 1 aliphatic rings. The smallest absolute Gasteiger partial charge is 0.145 e. The van der Waals surface area contributed by atoms with Gasteiger partial charge in [0.15, 0.2) is 0 Å². The summed E-state index contributed by atoms with van der Waals surface area (Å²) in [4.78, 5) is 21.5. The van der Waals surface area contributed by atoms with Crippen molar-refractivity contribution in [2.24, 2.45) is 0 Å². The van der Waals surface area contributed by atoms with Gasteiger partial charge in [-0.2, -0.15) is 0 Å². The number of likely N-dealkylation sites (N-methyl/N-ethyl adjacent to an activating group) is 1. The van der Waals surface area contributed by atoms with Crippen LogP contribution in [-0.4, -0.2) is 47.0 Å². The molecule has 0 saturated heterocycles. The van der Waals surface area contributed by atoms with Gasteiger partial charge in [0.25, 0.3) is 0 Å². The quantitative estimate of drug-likeness (QED) is 0.741. The maximum atomic E-state index is 10.4. The number of carbonyl (C=O) groups is 1. The Bertz CT molecular complexity index is 436. The van der Waals surface area contributed by atoms with Crippen LogP contribution in [-0.2, 0) is 17.6 Å². The monoisotopic (exact) mass is 249 g/mol. The standard InChI is InChI=1S/C12H18N4O2/c1-2-16-5-3-9-10(4-6-16)15-11(7-13-9)14-8-12(17)18/h7H,2-6,8H2,1H3,(H,14,15)(H,17,18)/p-1. The Hall–Kier alpha value is -1.69. The normalized spacial score (nSPS) is 15.8. The van der Waals surface area contributed by atoms with E-state index in [1.54, 1.807) is 6.20 Å². The maximum absolute atomic E-state index is 10.4. The van der Waals surface area contributed by atoms with Crippen LogP contribution in [0.2, 0.25) is 0 Å². The fourth-order valence-electron chi connectivity index (χ4n) is 2.07. The van der Waals surface area contributed by atoms with Crippen molar-refractivity contribution in [3.8, 4) is 0 Å². The Kier molecular flexibility index (Phi) is 4.09. The van der Waals surface area contributed by atoms with Crippen LogP contribution in [0.5, 0.6) is 0 Å². The predicted molar refractivity (Wildman–Crippen MR) is 65.1 cm³/mol. The molecule has 0 fully saturated rings. The van der Waals surface area contributed by atoms with Crippen LogP contribution in [0.1, 0.15) is 18.3 Å². The number of fused-ring (bicyclic) bond motifs is 1. The van der Waals surface area contributed by atoms with Crippen LogP contribution in [0.15, 0.2) is 6.20 Å². The lowest BCUT2D eigenvalue weighted by Crippen LogP contribution is -2.30. The van der Waals surface area contributed by atoms with E-state index in [-0.39, 0.29) is 6.54 Å². The number of anilines is 1. The number of hydrogen-bond acceptors (Lipinski definition) is 6. The minimum atomic E-state index is -1.15. The molecule has 6 nitrogen and oxygen atoms in total. The van der Waals surface area contributed by atoms with Crippen molar-refractivity contribution in [3.63, 3.8) is 0 Å². The van der Waals surface area contributed by atoms with Crippen molar-refractivity contribution in [2.45, 2.75) is 19.8 Å². The first-order chi connectivity index (χ1) is 8.69. The number of carboxylic acids is 1. The molecule has 0 spiro atoms. The Balaban J connectivity index is 2.07. The number of hydrogen-bond donors (Lipinski definition) is 1. The molecule has 0 amide bonds. The van der Waals surface area contributed by atoms with Crippen LogP contribution in [0.25, 0.3) is 0 Å². The summed E-state index contributed by atoms with van der Waals surface area (Å²) in [5.41, 5.74) is 1.99. The third-order valence-electron chi connectivity index (χ3n) is 3.12. The molecule has 1 aromatic rings.